The first-order valence-electron chi connectivity index (χ1n) is 8.78. The molecule has 0 unspecified atom stereocenters. The number of methoxy groups -OCH3 is 1. The lowest BCUT2D eigenvalue weighted by molar-refractivity contribution is -0.122. The maximum Gasteiger partial charge on any atom is 0.233 e. The first-order valence-corrected chi connectivity index (χ1v) is 9.16. The smallest absolute Gasteiger partial charge is 0.233 e. The van der Waals surface area contributed by atoms with Crippen LogP contribution in [-0.4, -0.2) is 63.6 Å². The summed E-state index contributed by atoms with van der Waals surface area (Å²) in [6.07, 6.45) is 1.95. The summed E-state index contributed by atoms with van der Waals surface area (Å²) >= 11 is 6.00. The van der Waals surface area contributed by atoms with Gasteiger partial charge in [0.15, 0.2) is 5.96 Å². The Morgan fingerprint density at radius 2 is 2.07 bits per heavy atom. The predicted octanol–water partition coefficient (Wildman–Crippen LogP) is 1.84. The number of likely N-dealkylation sites (N-methyl/N-ethyl adjacent to an activating group) is 1. The fraction of sp³-hybridized carbons (Fsp3) is 0.556. The van der Waals surface area contributed by atoms with E-state index in [9.17, 15) is 4.79 Å². The molecule has 1 saturated heterocycles. The van der Waals surface area contributed by atoms with Gasteiger partial charge in [0, 0.05) is 50.4 Å². The molecule has 1 aliphatic rings. The van der Waals surface area contributed by atoms with Crippen molar-refractivity contribution in [1.29, 1.82) is 0 Å². The normalized spacial score (nSPS) is 15.6. The van der Waals surface area contributed by atoms with Gasteiger partial charge in [-0.2, -0.15) is 0 Å². The van der Waals surface area contributed by atoms with Crippen molar-refractivity contribution >= 4 is 47.4 Å². The second kappa shape index (κ2) is 12.2. The van der Waals surface area contributed by atoms with E-state index >= 15 is 0 Å². The number of hydrogen-bond donors (Lipinski definition) is 3. The van der Waals surface area contributed by atoms with E-state index in [-0.39, 0.29) is 29.9 Å². The van der Waals surface area contributed by atoms with Gasteiger partial charge in [-0.1, -0.05) is 17.7 Å². The Morgan fingerprint density at radius 3 is 2.67 bits per heavy atom. The van der Waals surface area contributed by atoms with Crippen LogP contribution in [0, 0.1) is 0 Å². The van der Waals surface area contributed by atoms with Gasteiger partial charge in [-0.15, -0.1) is 24.0 Å². The maximum atomic E-state index is 11.5. The van der Waals surface area contributed by atoms with Gasteiger partial charge in [-0.3, -0.25) is 14.7 Å². The summed E-state index contributed by atoms with van der Waals surface area (Å²) in [4.78, 5) is 17.9. The molecule has 1 aromatic carbocycles. The molecule has 0 bridgehead atoms. The highest BCUT2D eigenvalue weighted by molar-refractivity contribution is 14.0. The largest absolute Gasteiger partial charge is 0.496 e. The number of piperidine rings is 1. The fourth-order valence-electron chi connectivity index (χ4n) is 2.95. The van der Waals surface area contributed by atoms with Crippen LogP contribution >= 0.6 is 35.6 Å². The fourth-order valence-corrected chi connectivity index (χ4v) is 3.11. The topological polar surface area (TPSA) is 78.0 Å². The number of aliphatic imine (C=N–C) groups is 1. The molecule has 3 N–H and O–H groups in total. The van der Waals surface area contributed by atoms with Crippen molar-refractivity contribution < 1.29 is 9.53 Å². The number of likely N-dealkylation sites (tertiary alicyclic amines) is 1. The van der Waals surface area contributed by atoms with Crippen LogP contribution in [0.5, 0.6) is 5.75 Å². The van der Waals surface area contributed by atoms with Gasteiger partial charge >= 0.3 is 0 Å². The molecule has 0 atom stereocenters. The molecule has 1 fully saturated rings. The van der Waals surface area contributed by atoms with Crippen LogP contribution in [0.2, 0.25) is 5.02 Å². The lowest BCUT2D eigenvalue weighted by Gasteiger charge is -2.32. The zero-order chi connectivity index (χ0) is 18.9. The number of nitrogens with zero attached hydrogens (tertiary/aromatic N) is 2. The average molecular weight is 510 g/mol. The lowest BCUT2D eigenvalue weighted by atomic mass is 10.1. The van der Waals surface area contributed by atoms with E-state index in [2.05, 4.69) is 25.8 Å². The molecule has 0 spiro atoms. The van der Waals surface area contributed by atoms with E-state index in [0.29, 0.717) is 24.2 Å². The molecule has 7 nitrogen and oxygen atoms in total. The first-order chi connectivity index (χ1) is 12.5. The third-order valence-electron chi connectivity index (χ3n) is 4.49. The first kappa shape index (κ1) is 23.8. The quantitative estimate of drug-likeness (QED) is 0.310. The van der Waals surface area contributed by atoms with Gasteiger partial charge in [0.25, 0.3) is 0 Å². The van der Waals surface area contributed by atoms with Gasteiger partial charge in [0.2, 0.25) is 5.91 Å². The van der Waals surface area contributed by atoms with Crippen LogP contribution in [0.3, 0.4) is 0 Å². The van der Waals surface area contributed by atoms with Crippen molar-refractivity contribution in [2.24, 2.45) is 4.99 Å². The number of benzene rings is 1. The highest BCUT2D eigenvalue weighted by Gasteiger charge is 2.21. The Hall–Kier alpha value is -1.26. The number of guanidine groups is 1. The van der Waals surface area contributed by atoms with E-state index in [1.165, 1.54) is 0 Å². The summed E-state index contributed by atoms with van der Waals surface area (Å²) in [5.41, 5.74) is 1.01. The molecule has 1 amide bonds. The number of ether oxygens (including phenoxy) is 1. The molecule has 0 aliphatic carbocycles. The van der Waals surface area contributed by atoms with Gasteiger partial charge in [-0.25, -0.2) is 0 Å². The third kappa shape index (κ3) is 7.71. The van der Waals surface area contributed by atoms with Gasteiger partial charge in [0.05, 0.1) is 13.7 Å². The van der Waals surface area contributed by atoms with Crippen molar-refractivity contribution in [1.82, 2.24) is 20.9 Å². The number of nitrogens with one attached hydrogen (secondary N) is 3. The number of rotatable bonds is 6. The Labute approximate surface area is 183 Å². The second-order valence-electron chi connectivity index (χ2n) is 6.25. The number of halogens is 2. The van der Waals surface area contributed by atoms with E-state index in [1.807, 2.05) is 12.1 Å². The average Bonchev–Trinajstić information content (AvgIpc) is 2.66. The number of amides is 1. The van der Waals surface area contributed by atoms with Crippen molar-refractivity contribution in [3.05, 3.63) is 28.8 Å². The SMILES string of the molecule is CN=C(NCc1ccc(Cl)cc1OC)NC1CCN(CC(=O)NC)CC1.I. The molecule has 1 heterocycles. The van der Waals surface area contributed by atoms with Crippen LogP contribution in [0.4, 0.5) is 0 Å². The molecular weight excluding hydrogens is 481 g/mol. The summed E-state index contributed by atoms with van der Waals surface area (Å²) in [6, 6.07) is 5.93. The summed E-state index contributed by atoms with van der Waals surface area (Å²) < 4.78 is 5.37. The Bertz CT molecular complexity index is 636. The zero-order valence-electron chi connectivity index (χ0n) is 16.0. The highest BCUT2D eigenvalue weighted by atomic mass is 127. The molecule has 2 rings (SSSR count). The summed E-state index contributed by atoms with van der Waals surface area (Å²) in [5, 5.41) is 10.1. The third-order valence-corrected chi connectivity index (χ3v) is 4.73. The highest BCUT2D eigenvalue weighted by Crippen LogP contribution is 2.22. The molecular formula is C18H29ClIN5O2. The van der Waals surface area contributed by atoms with E-state index in [1.54, 1.807) is 27.3 Å². The molecule has 27 heavy (non-hydrogen) atoms. The minimum atomic E-state index is 0. The minimum Gasteiger partial charge on any atom is -0.496 e. The van der Waals surface area contributed by atoms with Crippen LogP contribution < -0.4 is 20.7 Å². The van der Waals surface area contributed by atoms with Crippen molar-refractivity contribution in [3.8, 4) is 5.75 Å². The van der Waals surface area contributed by atoms with Crippen molar-refractivity contribution in [2.45, 2.75) is 25.4 Å². The van der Waals surface area contributed by atoms with Crippen molar-refractivity contribution in [2.75, 3.05) is 40.8 Å². The standard InChI is InChI=1S/C18H28ClN5O2.HI/c1-20-17(25)12-24-8-6-15(7-9-24)23-18(21-2)22-11-13-4-5-14(19)10-16(13)26-3;/h4-5,10,15H,6-9,11-12H2,1-3H3,(H,20,25)(H2,21,22,23);1H. The second-order valence-corrected chi connectivity index (χ2v) is 6.69. The van der Waals surface area contributed by atoms with E-state index in [4.69, 9.17) is 16.3 Å². The van der Waals surface area contributed by atoms with Crippen LogP contribution in [0.15, 0.2) is 23.2 Å². The van der Waals surface area contributed by atoms with Crippen LogP contribution in [-0.2, 0) is 11.3 Å². The van der Waals surface area contributed by atoms with E-state index in [0.717, 1.165) is 43.2 Å². The number of carbonyl (C=O) groups is 1. The number of hydrogen-bond acceptors (Lipinski definition) is 4. The zero-order valence-corrected chi connectivity index (χ0v) is 19.1. The molecule has 152 valence electrons. The minimum absolute atomic E-state index is 0. The summed E-state index contributed by atoms with van der Waals surface area (Å²) in [5.74, 6) is 1.57. The maximum absolute atomic E-state index is 11.5. The molecule has 1 aromatic rings. The summed E-state index contributed by atoms with van der Waals surface area (Å²) in [6.45, 7) is 2.85. The lowest BCUT2D eigenvalue weighted by Crippen LogP contribution is -2.49. The van der Waals surface area contributed by atoms with Gasteiger partial charge < -0.3 is 20.7 Å². The Kier molecular flexibility index (Phi) is 10.8. The van der Waals surface area contributed by atoms with Gasteiger partial charge in [0.1, 0.15) is 5.75 Å². The number of carbonyl (C=O) groups excluding carboxylic acids is 1. The molecule has 9 heteroatoms. The van der Waals surface area contributed by atoms with Gasteiger partial charge in [-0.05, 0) is 25.0 Å². The molecule has 1 aliphatic heterocycles. The Morgan fingerprint density at radius 1 is 1.37 bits per heavy atom. The predicted molar refractivity (Wildman–Crippen MR) is 120 cm³/mol. The monoisotopic (exact) mass is 509 g/mol. The summed E-state index contributed by atoms with van der Waals surface area (Å²) in [7, 11) is 5.06. The molecule has 0 aromatic heterocycles. The van der Waals surface area contributed by atoms with E-state index < -0.39 is 0 Å². The van der Waals surface area contributed by atoms with Crippen LogP contribution in [0.25, 0.3) is 0 Å². The molecule has 0 radical (unpaired) electrons. The van der Waals surface area contributed by atoms with Crippen LogP contribution in [0.1, 0.15) is 18.4 Å². The van der Waals surface area contributed by atoms with Crippen molar-refractivity contribution in [3.63, 3.8) is 0 Å². The Balaban J connectivity index is 0.00000364. The molecule has 0 saturated carbocycles.